The van der Waals surface area contributed by atoms with Gasteiger partial charge in [-0.2, -0.15) is 11.8 Å². The molecular weight excluding hydrogens is 250 g/mol. The van der Waals surface area contributed by atoms with E-state index in [1.54, 1.807) is 23.7 Å². The lowest BCUT2D eigenvalue weighted by atomic mass is 9.85. The van der Waals surface area contributed by atoms with Crippen LogP contribution in [0.15, 0.2) is 0 Å². The highest BCUT2D eigenvalue weighted by atomic mass is 32.2. The molecule has 4 nitrogen and oxygen atoms in total. The van der Waals surface area contributed by atoms with Crippen LogP contribution in [0.2, 0.25) is 0 Å². The Labute approximate surface area is 114 Å². The van der Waals surface area contributed by atoms with E-state index in [1.165, 1.54) is 0 Å². The highest BCUT2D eigenvalue weighted by molar-refractivity contribution is 7.98. The maximum atomic E-state index is 12.1. The van der Waals surface area contributed by atoms with Gasteiger partial charge in [-0.25, -0.2) is 0 Å². The summed E-state index contributed by atoms with van der Waals surface area (Å²) in [5.74, 6) is 0.192. The molecule has 0 heterocycles. The van der Waals surface area contributed by atoms with Crippen molar-refractivity contribution in [3.8, 4) is 0 Å². The minimum atomic E-state index is -0.856. The van der Waals surface area contributed by atoms with E-state index in [0.717, 1.165) is 12.2 Å². The molecule has 0 aromatic carbocycles. The predicted octanol–water partition coefficient (Wildman–Crippen LogP) is 2.48. The van der Waals surface area contributed by atoms with Crippen molar-refractivity contribution in [1.29, 1.82) is 0 Å². The molecule has 0 radical (unpaired) electrons. The molecule has 1 N–H and O–H groups in total. The lowest BCUT2D eigenvalue weighted by molar-refractivity contribution is -0.140. The molecule has 0 fully saturated rings. The van der Waals surface area contributed by atoms with Gasteiger partial charge in [0, 0.05) is 19.5 Å². The number of thioether (sulfide) groups is 1. The highest BCUT2D eigenvalue weighted by Crippen LogP contribution is 2.26. The predicted molar refractivity (Wildman–Crippen MR) is 75.9 cm³/mol. The zero-order valence-corrected chi connectivity index (χ0v) is 12.8. The van der Waals surface area contributed by atoms with Gasteiger partial charge in [0.2, 0.25) is 5.91 Å². The van der Waals surface area contributed by atoms with Gasteiger partial charge in [0.25, 0.3) is 0 Å². The Morgan fingerprint density at radius 2 is 1.89 bits per heavy atom. The first-order valence-corrected chi connectivity index (χ1v) is 7.55. The van der Waals surface area contributed by atoms with Crippen LogP contribution in [0.25, 0.3) is 0 Å². The zero-order chi connectivity index (χ0) is 14.3. The van der Waals surface area contributed by atoms with Crippen molar-refractivity contribution in [1.82, 2.24) is 4.90 Å². The Balaban J connectivity index is 4.34. The molecule has 1 amide bonds. The summed E-state index contributed by atoms with van der Waals surface area (Å²) in [5.41, 5.74) is -0.490. The third-order valence-electron chi connectivity index (χ3n) is 3.05. The van der Waals surface area contributed by atoms with Crippen molar-refractivity contribution in [2.75, 3.05) is 19.1 Å². The summed E-state index contributed by atoms with van der Waals surface area (Å²) in [7, 11) is 1.80. The van der Waals surface area contributed by atoms with Crippen molar-refractivity contribution in [2.24, 2.45) is 5.41 Å². The molecule has 1 unspecified atom stereocenters. The van der Waals surface area contributed by atoms with Crippen molar-refractivity contribution >= 4 is 23.6 Å². The van der Waals surface area contributed by atoms with E-state index in [-0.39, 0.29) is 24.8 Å². The number of carbonyl (C=O) groups excluding carboxylic acids is 1. The first kappa shape index (κ1) is 17.3. The molecule has 0 rings (SSSR count). The summed E-state index contributed by atoms with van der Waals surface area (Å²) in [6.07, 6.45) is 3.30. The molecule has 0 aliphatic heterocycles. The van der Waals surface area contributed by atoms with E-state index in [4.69, 9.17) is 5.11 Å². The Morgan fingerprint density at radius 1 is 1.33 bits per heavy atom. The topological polar surface area (TPSA) is 57.6 Å². The number of carbonyl (C=O) groups is 2. The lowest BCUT2D eigenvalue weighted by Gasteiger charge is -2.29. The SMILES string of the molecule is CSCCC(C)N(C)C(=O)CC(C)(C)CC(=O)O. The number of rotatable bonds is 8. The molecular formula is C13H25NO3S. The lowest BCUT2D eigenvalue weighted by Crippen LogP contribution is -2.38. The van der Waals surface area contributed by atoms with Gasteiger partial charge in [-0.15, -0.1) is 0 Å². The summed E-state index contributed by atoms with van der Waals surface area (Å²) in [6.45, 7) is 5.66. The van der Waals surface area contributed by atoms with E-state index in [9.17, 15) is 9.59 Å². The standard InChI is InChI=1S/C13H25NO3S/c1-10(6-7-18-5)14(4)11(15)8-13(2,3)9-12(16)17/h10H,6-9H2,1-5H3,(H,16,17). The second kappa shape index (κ2) is 7.67. The Hall–Kier alpha value is -0.710. The summed E-state index contributed by atoms with van der Waals surface area (Å²) >= 11 is 1.76. The first-order valence-electron chi connectivity index (χ1n) is 6.16. The fourth-order valence-corrected chi connectivity index (χ4v) is 2.31. The highest BCUT2D eigenvalue weighted by Gasteiger charge is 2.27. The number of amides is 1. The van der Waals surface area contributed by atoms with Gasteiger partial charge in [0.05, 0.1) is 6.42 Å². The van der Waals surface area contributed by atoms with E-state index in [2.05, 4.69) is 0 Å². The summed E-state index contributed by atoms with van der Waals surface area (Å²) in [6, 6.07) is 0.200. The van der Waals surface area contributed by atoms with Crippen LogP contribution in [0.4, 0.5) is 0 Å². The molecule has 18 heavy (non-hydrogen) atoms. The number of hydrogen-bond donors (Lipinski definition) is 1. The van der Waals surface area contributed by atoms with Crippen molar-refractivity contribution in [2.45, 2.75) is 46.1 Å². The quantitative estimate of drug-likeness (QED) is 0.739. The Bertz CT molecular complexity index is 292. The Morgan fingerprint density at radius 3 is 2.33 bits per heavy atom. The molecule has 1 atom stereocenters. The van der Waals surface area contributed by atoms with Crippen LogP contribution in [-0.4, -0.2) is 47.0 Å². The van der Waals surface area contributed by atoms with E-state index < -0.39 is 11.4 Å². The molecule has 106 valence electrons. The van der Waals surface area contributed by atoms with Gasteiger partial charge in [-0.3, -0.25) is 9.59 Å². The number of carboxylic acids is 1. The molecule has 0 aliphatic rings. The van der Waals surface area contributed by atoms with Crippen LogP contribution >= 0.6 is 11.8 Å². The molecule has 0 aromatic heterocycles. The van der Waals surface area contributed by atoms with Crippen LogP contribution in [-0.2, 0) is 9.59 Å². The van der Waals surface area contributed by atoms with Gasteiger partial charge in [0.1, 0.15) is 0 Å². The van der Waals surface area contributed by atoms with E-state index in [0.29, 0.717) is 0 Å². The second-order valence-corrected chi connectivity index (χ2v) is 6.53. The zero-order valence-electron chi connectivity index (χ0n) is 12.0. The molecule has 0 aromatic rings. The van der Waals surface area contributed by atoms with Crippen molar-refractivity contribution in [3.63, 3.8) is 0 Å². The maximum Gasteiger partial charge on any atom is 0.303 e. The minimum Gasteiger partial charge on any atom is -0.481 e. The fraction of sp³-hybridized carbons (Fsp3) is 0.846. The monoisotopic (exact) mass is 275 g/mol. The van der Waals surface area contributed by atoms with Gasteiger partial charge in [-0.05, 0) is 30.8 Å². The Kier molecular flexibility index (Phi) is 7.36. The molecule has 0 bridgehead atoms. The van der Waals surface area contributed by atoms with E-state index in [1.807, 2.05) is 27.0 Å². The molecule has 0 aliphatic carbocycles. The van der Waals surface area contributed by atoms with Crippen LogP contribution in [0.3, 0.4) is 0 Å². The maximum absolute atomic E-state index is 12.1. The van der Waals surface area contributed by atoms with Gasteiger partial charge in [0.15, 0.2) is 0 Å². The molecule has 0 spiro atoms. The normalized spacial score (nSPS) is 13.2. The summed E-state index contributed by atoms with van der Waals surface area (Å²) in [5, 5.41) is 8.80. The van der Waals surface area contributed by atoms with Crippen LogP contribution in [0, 0.1) is 5.41 Å². The summed E-state index contributed by atoms with van der Waals surface area (Å²) in [4.78, 5) is 24.5. The number of carboxylic acid groups (broad SMARTS) is 1. The fourth-order valence-electron chi connectivity index (χ4n) is 1.73. The first-order chi connectivity index (χ1) is 8.19. The molecule has 5 heteroatoms. The van der Waals surface area contributed by atoms with Gasteiger partial charge in [-0.1, -0.05) is 13.8 Å². The van der Waals surface area contributed by atoms with Crippen LogP contribution in [0.1, 0.15) is 40.0 Å². The third kappa shape index (κ3) is 6.89. The summed E-state index contributed by atoms with van der Waals surface area (Å²) < 4.78 is 0. The average Bonchev–Trinajstić information content (AvgIpc) is 2.21. The van der Waals surface area contributed by atoms with Gasteiger partial charge >= 0.3 is 5.97 Å². The van der Waals surface area contributed by atoms with E-state index >= 15 is 0 Å². The van der Waals surface area contributed by atoms with Crippen LogP contribution < -0.4 is 0 Å². The second-order valence-electron chi connectivity index (χ2n) is 5.55. The van der Waals surface area contributed by atoms with Gasteiger partial charge < -0.3 is 10.0 Å². The molecule has 0 saturated carbocycles. The molecule has 0 saturated heterocycles. The van der Waals surface area contributed by atoms with Crippen molar-refractivity contribution in [3.05, 3.63) is 0 Å². The number of nitrogens with zero attached hydrogens (tertiary/aromatic N) is 1. The number of aliphatic carboxylic acids is 1. The van der Waals surface area contributed by atoms with Crippen LogP contribution in [0.5, 0.6) is 0 Å². The average molecular weight is 275 g/mol. The van der Waals surface area contributed by atoms with Crippen molar-refractivity contribution < 1.29 is 14.7 Å². The smallest absolute Gasteiger partial charge is 0.303 e. The third-order valence-corrected chi connectivity index (χ3v) is 3.70. The minimum absolute atomic E-state index is 0.0196. The number of hydrogen-bond acceptors (Lipinski definition) is 3. The largest absolute Gasteiger partial charge is 0.481 e.